The molecule has 0 spiro atoms. The monoisotopic (exact) mass is 355 g/mol. The largest absolute Gasteiger partial charge is 0.386 e. The van der Waals surface area contributed by atoms with E-state index in [4.69, 9.17) is 11.6 Å². The number of amides is 1. The molecule has 1 aromatic carbocycles. The first kappa shape index (κ1) is 17.0. The molecule has 3 N–H and O–H groups in total. The van der Waals surface area contributed by atoms with Gasteiger partial charge in [0.05, 0.1) is 12.4 Å². The van der Waals surface area contributed by atoms with Crippen molar-refractivity contribution in [2.75, 3.05) is 17.2 Å². The lowest BCUT2D eigenvalue weighted by Gasteiger charge is -2.14. The van der Waals surface area contributed by atoms with Crippen LogP contribution in [0.1, 0.15) is 12.5 Å². The Bertz CT molecular complexity index is 847. The third-order valence-electron chi connectivity index (χ3n) is 3.58. The number of hydrogen-bond acceptors (Lipinski definition) is 5. The number of hydrogen-bond donors (Lipinski definition) is 3. The van der Waals surface area contributed by atoms with Gasteiger partial charge in [-0.1, -0.05) is 23.7 Å². The maximum absolute atomic E-state index is 12.3. The van der Waals surface area contributed by atoms with Gasteiger partial charge in [-0.15, -0.1) is 0 Å². The first-order valence-corrected chi connectivity index (χ1v) is 8.20. The van der Waals surface area contributed by atoms with Crippen molar-refractivity contribution in [2.45, 2.75) is 13.5 Å². The minimum absolute atomic E-state index is 0.106. The van der Waals surface area contributed by atoms with Crippen molar-refractivity contribution in [3.05, 3.63) is 70.8 Å². The molecular formula is C18H18ClN5O. The second-order valence-electron chi connectivity index (χ2n) is 5.67. The van der Waals surface area contributed by atoms with Crippen LogP contribution in [0.3, 0.4) is 0 Å². The minimum atomic E-state index is -0.106. The fourth-order valence-electron chi connectivity index (χ4n) is 2.43. The van der Waals surface area contributed by atoms with E-state index in [-0.39, 0.29) is 5.91 Å². The van der Waals surface area contributed by atoms with Crippen LogP contribution in [0.2, 0.25) is 5.15 Å². The summed E-state index contributed by atoms with van der Waals surface area (Å²) in [6.07, 6.45) is 6.86. The number of allylic oxidation sites excluding steroid dienone is 2. The van der Waals surface area contributed by atoms with Crippen molar-refractivity contribution in [2.24, 2.45) is 0 Å². The summed E-state index contributed by atoms with van der Waals surface area (Å²) >= 11 is 5.82. The zero-order valence-corrected chi connectivity index (χ0v) is 14.5. The summed E-state index contributed by atoms with van der Waals surface area (Å²) in [5.74, 6) is 0.494. The molecule has 2 heterocycles. The molecule has 0 unspecified atom stereocenters. The Kier molecular flexibility index (Phi) is 5.30. The van der Waals surface area contributed by atoms with Crippen molar-refractivity contribution < 1.29 is 4.79 Å². The molecule has 1 amide bonds. The second kappa shape index (κ2) is 7.81. The molecule has 3 rings (SSSR count). The Morgan fingerprint density at radius 1 is 1.36 bits per heavy atom. The minimum Gasteiger partial charge on any atom is -0.386 e. The van der Waals surface area contributed by atoms with Gasteiger partial charge in [0.2, 0.25) is 0 Å². The summed E-state index contributed by atoms with van der Waals surface area (Å²) in [6, 6.07) is 7.65. The number of halogens is 1. The highest BCUT2D eigenvalue weighted by Crippen LogP contribution is 2.15. The molecular weight excluding hydrogens is 338 g/mol. The quantitative estimate of drug-likeness (QED) is 0.768. The summed E-state index contributed by atoms with van der Waals surface area (Å²) in [4.78, 5) is 20.5. The van der Waals surface area contributed by atoms with Gasteiger partial charge in [0.1, 0.15) is 11.0 Å². The highest BCUT2D eigenvalue weighted by Gasteiger charge is 2.12. The molecule has 0 fully saturated rings. The smallest absolute Gasteiger partial charge is 0.253 e. The molecule has 0 aliphatic carbocycles. The van der Waals surface area contributed by atoms with Gasteiger partial charge in [0.25, 0.3) is 5.91 Å². The summed E-state index contributed by atoms with van der Waals surface area (Å²) in [5.41, 5.74) is 3.48. The summed E-state index contributed by atoms with van der Waals surface area (Å²) in [5, 5.41) is 9.50. The lowest BCUT2D eigenvalue weighted by atomic mass is 10.1. The zero-order chi connectivity index (χ0) is 17.6. The predicted molar refractivity (Wildman–Crippen MR) is 99.3 cm³/mol. The number of carbonyl (C=O) groups excluding carboxylic acids is 1. The van der Waals surface area contributed by atoms with E-state index in [0.29, 0.717) is 29.6 Å². The maximum atomic E-state index is 12.3. The van der Waals surface area contributed by atoms with Crippen molar-refractivity contribution in [1.82, 2.24) is 15.3 Å². The van der Waals surface area contributed by atoms with Gasteiger partial charge in [-0.05, 0) is 42.5 Å². The molecule has 0 bridgehead atoms. The molecule has 1 aromatic heterocycles. The number of aromatic nitrogens is 2. The van der Waals surface area contributed by atoms with Gasteiger partial charge in [-0.3, -0.25) is 9.78 Å². The highest BCUT2D eigenvalue weighted by molar-refractivity contribution is 6.29. The summed E-state index contributed by atoms with van der Waals surface area (Å²) < 4.78 is 0. The van der Waals surface area contributed by atoms with Gasteiger partial charge in [-0.2, -0.15) is 0 Å². The van der Waals surface area contributed by atoms with E-state index in [1.54, 1.807) is 6.20 Å². The Balaban J connectivity index is 1.63. The topological polar surface area (TPSA) is 78.9 Å². The Morgan fingerprint density at radius 2 is 2.24 bits per heavy atom. The van der Waals surface area contributed by atoms with Crippen LogP contribution in [0, 0.1) is 0 Å². The summed E-state index contributed by atoms with van der Waals surface area (Å²) in [7, 11) is 0. The van der Waals surface area contributed by atoms with Crippen molar-refractivity contribution >= 4 is 29.0 Å². The van der Waals surface area contributed by atoms with E-state index in [1.807, 2.05) is 43.5 Å². The third-order valence-corrected chi connectivity index (χ3v) is 3.76. The van der Waals surface area contributed by atoms with Gasteiger partial charge in [0.15, 0.2) is 0 Å². The normalized spacial score (nSPS) is 13.4. The van der Waals surface area contributed by atoms with E-state index in [9.17, 15) is 4.79 Å². The lowest BCUT2D eigenvalue weighted by molar-refractivity contribution is -0.112. The number of anilines is 2. The fraction of sp³-hybridized carbons (Fsp3) is 0.167. The lowest BCUT2D eigenvalue weighted by Crippen LogP contribution is -2.24. The molecule has 0 saturated carbocycles. The number of nitrogens with one attached hydrogen (secondary N) is 3. The van der Waals surface area contributed by atoms with Crippen LogP contribution in [0.25, 0.3) is 0 Å². The number of benzene rings is 1. The van der Waals surface area contributed by atoms with Crippen LogP contribution < -0.4 is 16.0 Å². The van der Waals surface area contributed by atoms with Gasteiger partial charge in [0, 0.05) is 24.4 Å². The molecule has 1 aliphatic heterocycles. The number of nitrogens with zero attached hydrogens (tertiary/aromatic N) is 2. The number of dihydropyridines is 1. The second-order valence-corrected chi connectivity index (χ2v) is 6.06. The van der Waals surface area contributed by atoms with Crippen molar-refractivity contribution in [3.63, 3.8) is 0 Å². The Labute approximate surface area is 151 Å². The standard InChI is InChI=1S/C18H18ClN5O/c1-12-5-14(9-20-7-12)18(25)23-15-4-2-3-13(6-15)8-22-17-11-21-10-16(19)24-17/h2-7,10-11,20H,8-9H2,1H3,(H,22,24)(H,23,25). The molecule has 0 atom stereocenters. The third kappa shape index (κ3) is 4.81. The van der Waals surface area contributed by atoms with Crippen LogP contribution >= 0.6 is 11.6 Å². The molecule has 7 heteroatoms. The molecule has 2 aromatic rings. The van der Waals surface area contributed by atoms with Crippen LogP contribution in [0.4, 0.5) is 11.5 Å². The van der Waals surface area contributed by atoms with Crippen LogP contribution in [-0.4, -0.2) is 22.4 Å². The molecule has 1 aliphatic rings. The summed E-state index contributed by atoms with van der Waals surface area (Å²) in [6.45, 7) is 3.02. The molecule has 128 valence electrons. The first-order chi connectivity index (χ1) is 12.1. The average molecular weight is 356 g/mol. The maximum Gasteiger partial charge on any atom is 0.253 e. The average Bonchev–Trinajstić information content (AvgIpc) is 2.60. The Hall–Kier alpha value is -2.86. The number of carbonyl (C=O) groups is 1. The van der Waals surface area contributed by atoms with Gasteiger partial charge < -0.3 is 16.0 Å². The van der Waals surface area contributed by atoms with E-state index in [0.717, 1.165) is 16.8 Å². The number of rotatable bonds is 5. The van der Waals surface area contributed by atoms with Gasteiger partial charge >= 0.3 is 0 Å². The molecule has 0 saturated heterocycles. The fourth-order valence-corrected chi connectivity index (χ4v) is 2.57. The van der Waals surface area contributed by atoms with E-state index < -0.39 is 0 Å². The molecule has 0 radical (unpaired) electrons. The first-order valence-electron chi connectivity index (χ1n) is 7.82. The van der Waals surface area contributed by atoms with Crippen molar-refractivity contribution in [1.29, 1.82) is 0 Å². The molecule has 25 heavy (non-hydrogen) atoms. The van der Waals surface area contributed by atoms with Crippen LogP contribution in [0.15, 0.2) is 60.1 Å². The van der Waals surface area contributed by atoms with E-state index in [2.05, 4.69) is 25.9 Å². The van der Waals surface area contributed by atoms with Crippen molar-refractivity contribution in [3.8, 4) is 0 Å². The Morgan fingerprint density at radius 3 is 3.04 bits per heavy atom. The zero-order valence-electron chi connectivity index (χ0n) is 13.7. The molecule has 6 nitrogen and oxygen atoms in total. The van der Waals surface area contributed by atoms with E-state index >= 15 is 0 Å². The van der Waals surface area contributed by atoms with Crippen LogP contribution in [0.5, 0.6) is 0 Å². The van der Waals surface area contributed by atoms with E-state index in [1.165, 1.54) is 6.20 Å². The predicted octanol–water partition coefficient (Wildman–Crippen LogP) is 3.11. The SMILES string of the molecule is CC1=CNCC(C(=O)Nc2cccc(CNc3cncc(Cl)n3)c2)=C1. The van der Waals surface area contributed by atoms with Crippen LogP contribution in [-0.2, 0) is 11.3 Å². The van der Waals surface area contributed by atoms with Gasteiger partial charge in [-0.25, -0.2) is 4.98 Å². The highest BCUT2D eigenvalue weighted by atomic mass is 35.5.